The first-order chi connectivity index (χ1) is 13.0. The van der Waals surface area contributed by atoms with E-state index in [1.165, 1.54) is 0 Å². The quantitative estimate of drug-likeness (QED) is 0.828. The molecule has 1 N–H and O–H groups in total. The molecule has 1 aliphatic carbocycles. The number of fused-ring (bicyclic) bond motifs is 1. The number of rotatable bonds is 4. The Balaban J connectivity index is 2.01. The van der Waals surface area contributed by atoms with Gasteiger partial charge in [-0.1, -0.05) is 0 Å². The van der Waals surface area contributed by atoms with Gasteiger partial charge in [0, 0.05) is 7.05 Å². The van der Waals surface area contributed by atoms with Gasteiger partial charge in [0.1, 0.15) is 23.4 Å². The topological polar surface area (TPSA) is 110 Å². The Morgan fingerprint density at radius 3 is 2.54 bits per heavy atom. The minimum atomic E-state index is -4.73. The summed E-state index contributed by atoms with van der Waals surface area (Å²) >= 11 is 0. The van der Waals surface area contributed by atoms with Crippen LogP contribution < -0.4 is 16.6 Å². The second-order valence-electron chi connectivity index (χ2n) is 6.93. The van der Waals surface area contributed by atoms with Gasteiger partial charge in [0.2, 0.25) is 5.91 Å². The molecule has 0 spiro atoms. The van der Waals surface area contributed by atoms with Crippen molar-refractivity contribution in [2.75, 3.05) is 0 Å². The molecule has 0 radical (unpaired) electrons. The highest BCUT2D eigenvalue weighted by Crippen LogP contribution is 2.39. The van der Waals surface area contributed by atoms with Crippen LogP contribution in [-0.2, 0) is 24.6 Å². The number of aromatic nitrogens is 3. The molecule has 0 aromatic carbocycles. The van der Waals surface area contributed by atoms with Gasteiger partial charge in [-0.15, -0.1) is 0 Å². The largest absolute Gasteiger partial charge is 0.433 e. The minimum Gasteiger partial charge on any atom is -0.336 e. The number of nitrogens with zero attached hydrogens (tertiary/aromatic N) is 4. The van der Waals surface area contributed by atoms with Gasteiger partial charge < -0.3 is 5.32 Å². The third-order valence-electron chi connectivity index (χ3n) is 4.80. The summed E-state index contributed by atoms with van der Waals surface area (Å²) in [7, 11) is 1.16. The van der Waals surface area contributed by atoms with Crippen molar-refractivity contribution in [2.45, 2.75) is 38.0 Å². The number of alkyl halides is 3. The molecule has 1 amide bonds. The van der Waals surface area contributed by atoms with Crippen LogP contribution in [0.25, 0.3) is 11.0 Å². The molecule has 0 saturated heterocycles. The molecule has 148 valence electrons. The molecule has 1 aliphatic rings. The van der Waals surface area contributed by atoms with Gasteiger partial charge in [0.05, 0.1) is 11.5 Å². The average Bonchev–Trinajstić information content (AvgIpc) is 3.47. The zero-order valence-corrected chi connectivity index (χ0v) is 15.0. The first-order valence-corrected chi connectivity index (χ1v) is 8.38. The van der Waals surface area contributed by atoms with Crippen molar-refractivity contribution >= 4 is 16.9 Å². The van der Waals surface area contributed by atoms with Crippen molar-refractivity contribution in [3.05, 3.63) is 38.7 Å². The first kappa shape index (κ1) is 19.6. The Bertz CT molecular complexity index is 1120. The highest BCUT2D eigenvalue weighted by molar-refractivity contribution is 5.78. The molecule has 1 atom stereocenters. The molecule has 2 aromatic rings. The molecule has 2 heterocycles. The van der Waals surface area contributed by atoms with Crippen molar-refractivity contribution in [2.24, 2.45) is 13.0 Å². The molecular weight excluding hydrogens is 379 g/mol. The van der Waals surface area contributed by atoms with Crippen molar-refractivity contribution in [1.29, 1.82) is 5.26 Å². The monoisotopic (exact) mass is 395 g/mol. The highest BCUT2D eigenvalue weighted by Gasteiger charge is 2.43. The number of hydrogen-bond donors (Lipinski definition) is 1. The van der Waals surface area contributed by atoms with E-state index in [0.29, 0.717) is 10.6 Å². The molecular formula is C17H16F3N5O3. The molecule has 11 heteroatoms. The van der Waals surface area contributed by atoms with Gasteiger partial charge in [-0.2, -0.15) is 18.4 Å². The lowest BCUT2D eigenvalue weighted by atomic mass is 9.98. The Hall–Kier alpha value is -3.16. The van der Waals surface area contributed by atoms with Crippen LogP contribution in [0, 0.1) is 17.2 Å². The molecule has 3 rings (SSSR count). The van der Waals surface area contributed by atoms with E-state index >= 15 is 0 Å². The van der Waals surface area contributed by atoms with Crippen LogP contribution in [0.2, 0.25) is 0 Å². The molecule has 0 aliphatic heterocycles. The fourth-order valence-corrected chi connectivity index (χ4v) is 3.03. The van der Waals surface area contributed by atoms with E-state index in [4.69, 9.17) is 0 Å². The summed E-state index contributed by atoms with van der Waals surface area (Å²) in [5, 5.41) is 11.6. The van der Waals surface area contributed by atoms with Crippen molar-refractivity contribution < 1.29 is 18.0 Å². The van der Waals surface area contributed by atoms with Gasteiger partial charge in [0.25, 0.3) is 5.56 Å². The second-order valence-corrected chi connectivity index (χ2v) is 6.93. The molecule has 2 aromatic heterocycles. The minimum absolute atomic E-state index is 0.00241. The lowest BCUT2D eigenvalue weighted by Crippen LogP contribution is -2.50. The number of pyridine rings is 1. The smallest absolute Gasteiger partial charge is 0.336 e. The van der Waals surface area contributed by atoms with E-state index in [0.717, 1.165) is 30.5 Å². The second kappa shape index (κ2) is 6.47. The number of nitrogens with one attached hydrogen (secondary N) is 1. The first-order valence-electron chi connectivity index (χ1n) is 8.38. The highest BCUT2D eigenvalue weighted by atomic mass is 19.4. The molecule has 28 heavy (non-hydrogen) atoms. The number of aryl methyl sites for hydroxylation is 1. The van der Waals surface area contributed by atoms with Crippen molar-refractivity contribution in [3.8, 4) is 6.07 Å². The number of carbonyl (C=O) groups excluding carboxylic acids is 1. The fourth-order valence-electron chi connectivity index (χ4n) is 3.03. The maximum Gasteiger partial charge on any atom is 0.433 e. The van der Waals surface area contributed by atoms with Crippen LogP contribution in [0.5, 0.6) is 0 Å². The molecule has 1 unspecified atom stereocenters. The van der Waals surface area contributed by atoms with E-state index < -0.39 is 46.8 Å². The Morgan fingerprint density at radius 2 is 2.00 bits per heavy atom. The predicted molar refractivity (Wildman–Crippen MR) is 91.1 cm³/mol. The molecule has 0 bridgehead atoms. The van der Waals surface area contributed by atoms with Crippen LogP contribution in [0.1, 0.15) is 25.5 Å². The third-order valence-corrected chi connectivity index (χ3v) is 4.80. The molecule has 1 fully saturated rings. The summed E-state index contributed by atoms with van der Waals surface area (Å²) in [6.07, 6.45) is -3.16. The van der Waals surface area contributed by atoms with Gasteiger partial charge in [-0.25, -0.2) is 9.78 Å². The maximum atomic E-state index is 12.8. The van der Waals surface area contributed by atoms with E-state index in [1.54, 1.807) is 6.92 Å². The Morgan fingerprint density at radius 1 is 1.36 bits per heavy atom. The van der Waals surface area contributed by atoms with Crippen LogP contribution in [0.4, 0.5) is 13.2 Å². The number of amides is 1. The lowest BCUT2D eigenvalue weighted by molar-refractivity contribution is -0.141. The van der Waals surface area contributed by atoms with E-state index in [1.807, 2.05) is 6.07 Å². The van der Waals surface area contributed by atoms with Crippen molar-refractivity contribution in [3.63, 3.8) is 0 Å². The summed E-state index contributed by atoms with van der Waals surface area (Å²) in [5.41, 5.74) is -4.68. The molecule has 8 nitrogen and oxygen atoms in total. The van der Waals surface area contributed by atoms with Gasteiger partial charge >= 0.3 is 11.9 Å². The van der Waals surface area contributed by atoms with Crippen LogP contribution >= 0.6 is 0 Å². The Labute approximate surface area is 156 Å². The third kappa shape index (κ3) is 3.37. The zero-order valence-electron chi connectivity index (χ0n) is 15.0. The standard InChI is InChI=1S/C17H16F3N5O3/c1-16(8-21,9-3-4-9)23-12(26)7-25-14(27)10-5-6-11(17(18,19)20)22-13(10)24(2)15(25)28/h5-6,9H,3-4,7H2,1-2H3,(H,23,26). The lowest BCUT2D eigenvalue weighted by Gasteiger charge is -2.23. The van der Waals surface area contributed by atoms with Gasteiger partial charge in [-0.3, -0.25) is 18.7 Å². The summed E-state index contributed by atoms with van der Waals surface area (Å²) in [6, 6.07) is 3.59. The van der Waals surface area contributed by atoms with Crippen LogP contribution in [0.3, 0.4) is 0 Å². The molecule has 1 saturated carbocycles. The maximum absolute atomic E-state index is 12.8. The van der Waals surface area contributed by atoms with Gasteiger partial charge in [0.15, 0.2) is 0 Å². The van der Waals surface area contributed by atoms with Crippen molar-refractivity contribution in [1.82, 2.24) is 19.4 Å². The Kier molecular flexibility index (Phi) is 4.53. The van der Waals surface area contributed by atoms with Gasteiger partial charge in [-0.05, 0) is 37.8 Å². The van der Waals surface area contributed by atoms with E-state index in [-0.39, 0.29) is 11.3 Å². The fraction of sp³-hybridized carbons (Fsp3) is 0.471. The number of hydrogen-bond acceptors (Lipinski definition) is 5. The normalized spacial score (nSPS) is 16.4. The number of carbonyl (C=O) groups is 1. The van der Waals surface area contributed by atoms with E-state index in [2.05, 4.69) is 10.3 Å². The zero-order chi connectivity index (χ0) is 20.9. The van der Waals surface area contributed by atoms with Crippen LogP contribution in [0.15, 0.2) is 21.7 Å². The van der Waals surface area contributed by atoms with E-state index in [9.17, 15) is 32.8 Å². The summed E-state index contributed by atoms with van der Waals surface area (Å²) in [4.78, 5) is 40.7. The summed E-state index contributed by atoms with van der Waals surface area (Å²) in [6.45, 7) is 0.902. The SMILES string of the molecule is Cn1c(=O)n(CC(=O)NC(C)(C#N)C2CC2)c(=O)c2ccc(C(F)(F)F)nc21. The predicted octanol–water partition coefficient (Wildman–Crippen LogP) is 0.922. The number of halogens is 3. The summed E-state index contributed by atoms with van der Waals surface area (Å²) < 4.78 is 39.9. The average molecular weight is 395 g/mol. The number of nitriles is 1. The summed E-state index contributed by atoms with van der Waals surface area (Å²) in [5.74, 6) is -0.711. The van der Waals surface area contributed by atoms with Crippen LogP contribution in [-0.4, -0.2) is 25.6 Å².